The first-order valence-electron chi connectivity index (χ1n) is 12.1. The Kier molecular flexibility index (Phi) is 6.89. The van der Waals surface area contributed by atoms with Crippen LogP contribution >= 0.6 is 0 Å². The van der Waals surface area contributed by atoms with Gasteiger partial charge in [-0.3, -0.25) is 14.4 Å². The van der Waals surface area contributed by atoms with Gasteiger partial charge in [0.15, 0.2) is 11.2 Å². The number of hydrogen-bond donors (Lipinski definition) is 1. The Morgan fingerprint density at radius 3 is 2.61 bits per heavy atom. The van der Waals surface area contributed by atoms with Crippen molar-refractivity contribution in [2.75, 3.05) is 7.11 Å². The molecule has 0 radical (unpaired) electrons. The van der Waals surface area contributed by atoms with Crippen LogP contribution in [0.4, 0.5) is 0 Å². The molecule has 4 rings (SSSR count). The fourth-order valence-electron chi connectivity index (χ4n) is 5.05. The monoisotopic (exact) mass is 493 g/mol. The third kappa shape index (κ3) is 4.25. The van der Waals surface area contributed by atoms with E-state index in [2.05, 4.69) is 5.32 Å². The third-order valence-electron chi connectivity index (χ3n) is 7.11. The number of fused-ring (bicyclic) bond motifs is 1. The molecule has 0 amide bonds. The van der Waals surface area contributed by atoms with E-state index in [-0.39, 0.29) is 34.2 Å². The van der Waals surface area contributed by atoms with Gasteiger partial charge in [-0.1, -0.05) is 25.5 Å². The predicted molar refractivity (Wildman–Crippen MR) is 133 cm³/mol. The van der Waals surface area contributed by atoms with Crippen molar-refractivity contribution >= 4 is 28.7 Å². The van der Waals surface area contributed by atoms with Gasteiger partial charge >= 0.3 is 11.9 Å². The van der Waals surface area contributed by atoms with Crippen molar-refractivity contribution in [1.29, 1.82) is 0 Å². The fourth-order valence-corrected chi connectivity index (χ4v) is 5.05. The average molecular weight is 494 g/mol. The van der Waals surface area contributed by atoms with Crippen LogP contribution in [0, 0.1) is 18.8 Å². The number of benzene rings is 1. The van der Waals surface area contributed by atoms with Gasteiger partial charge in [0.05, 0.1) is 36.4 Å². The molecule has 4 unspecified atom stereocenters. The Morgan fingerprint density at radius 2 is 1.94 bits per heavy atom. The molecule has 2 heterocycles. The van der Waals surface area contributed by atoms with Crippen LogP contribution in [0.3, 0.4) is 0 Å². The van der Waals surface area contributed by atoms with Crippen LogP contribution in [0.25, 0.3) is 11.0 Å². The lowest BCUT2D eigenvalue weighted by atomic mass is 9.69. The SMILES string of the molecule is CCC(C)OC(=O)C1=C(C)NC2=C(C(=O)C(C(=O)OC)C(C)C2)C1c1coc2ccc(C)cc2c1=O. The van der Waals surface area contributed by atoms with E-state index in [9.17, 15) is 19.2 Å². The number of nitrogens with one attached hydrogen (secondary N) is 1. The molecule has 0 saturated carbocycles. The molecule has 36 heavy (non-hydrogen) atoms. The van der Waals surface area contributed by atoms with Crippen LogP contribution in [0.2, 0.25) is 0 Å². The van der Waals surface area contributed by atoms with Crippen molar-refractivity contribution in [3.8, 4) is 0 Å². The van der Waals surface area contributed by atoms with Crippen molar-refractivity contribution < 1.29 is 28.3 Å². The van der Waals surface area contributed by atoms with E-state index in [1.807, 2.05) is 19.9 Å². The lowest BCUT2D eigenvalue weighted by Crippen LogP contribution is -2.44. The number of carbonyl (C=O) groups excluding carboxylic acids is 3. The van der Waals surface area contributed by atoms with Crippen LogP contribution in [-0.4, -0.2) is 30.9 Å². The van der Waals surface area contributed by atoms with Crippen LogP contribution in [-0.2, 0) is 23.9 Å². The van der Waals surface area contributed by atoms with Gasteiger partial charge in [0.2, 0.25) is 0 Å². The molecule has 1 aliphatic heterocycles. The number of ketones is 1. The van der Waals surface area contributed by atoms with Crippen LogP contribution in [0.1, 0.15) is 57.6 Å². The first kappa shape index (κ1) is 25.4. The predicted octanol–water partition coefficient (Wildman–Crippen LogP) is 4.06. The second kappa shape index (κ2) is 9.76. The number of Topliss-reactive ketones (excluding diaryl/α,β-unsaturated/α-hetero) is 1. The van der Waals surface area contributed by atoms with Crippen LogP contribution in [0.5, 0.6) is 0 Å². The molecule has 1 aromatic carbocycles. The molecule has 1 aliphatic carbocycles. The zero-order valence-electron chi connectivity index (χ0n) is 21.4. The summed E-state index contributed by atoms with van der Waals surface area (Å²) < 4.78 is 16.4. The van der Waals surface area contributed by atoms with Crippen molar-refractivity contribution in [2.24, 2.45) is 11.8 Å². The molecule has 1 aromatic heterocycles. The van der Waals surface area contributed by atoms with Crippen molar-refractivity contribution in [3.05, 3.63) is 68.4 Å². The Hall–Kier alpha value is -3.68. The quantitative estimate of drug-likeness (QED) is 0.490. The maximum Gasteiger partial charge on any atom is 0.337 e. The second-order valence-corrected chi connectivity index (χ2v) is 9.68. The molecule has 2 aliphatic rings. The molecule has 8 nitrogen and oxygen atoms in total. The summed E-state index contributed by atoms with van der Waals surface area (Å²) in [5.74, 6) is -4.17. The first-order valence-corrected chi connectivity index (χ1v) is 12.1. The first-order chi connectivity index (χ1) is 17.1. The number of methoxy groups -OCH3 is 1. The number of dihydropyridines is 1. The van der Waals surface area contributed by atoms with Gasteiger partial charge in [-0.25, -0.2) is 4.79 Å². The molecule has 0 fully saturated rings. The Bertz CT molecular complexity index is 1380. The average Bonchev–Trinajstić information content (AvgIpc) is 2.83. The van der Waals surface area contributed by atoms with E-state index >= 15 is 0 Å². The van der Waals surface area contributed by atoms with Gasteiger partial charge in [-0.05, 0) is 51.7 Å². The van der Waals surface area contributed by atoms with Gasteiger partial charge < -0.3 is 19.2 Å². The summed E-state index contributed by atoms with van der Waals surface area (Å²) in [6.45, 7) is 9.06. The highest BCUT2D eigenvalue weighted by Crippen LogP contribution is 2.45. The maximum atomic E-state index is 13.8. The van der Waals surface area contributed by atoms with Crippen molar-refractivity contribution in [2.45, 2.75) is 59.5 Å². The number of carbonyl (C=O) groups is 3. The smallest absolute Gasteiger partial charge is 0.337 e. The molecular formula is C28H31NO7. The molecule has 0 saturated heterocycles. The summed E-state index contributed by atoms with van der Waals surface area (Å²) in [6, 6.07) is 5.27. The number of rotatable bonds is 5. The number of esters is 2. The highest BCUT2D eigenvalue weighted by atomic mass is 16.5. The third-order valence-corrected chi connectivity index (χ3v) is 7.11. The minimum atomic E-state index is -1.05. The van der Waals surface area contributed by atoms with Crippen molar-refractivity contribution in [1.82, 2.24) is 5.32 Å². The van der Waals surface area contributed by atoms with E-state index in [1.54, 1.807) is 32.9 Å². The normalized spacial score (nSPS) is 22.7. The number of hydrogen-bond acceptors (Lipinski definition) is 8. The standard InChI is InChI=1S/C28H31NO7/c1-7-15(4)36-28(33)22-16(5)29-19-11-14(3)21(27(32)34-6)26(31)24(19)23(22)18-12-35-20-9-8-13(2)10-17(20)25(18)30/h8-10,12,14-15,21,23,29H,7,11H2,1-6H3. The highest BCUT2D eigenvalue weighted by molar-refractivity contribution is 6.12. The molecule has 1 N–H and O–H groups in total. The summed E-state index contributed by atoms with van der Waals surface area (Å²) in [4.78, 5) is 53.6. The van der Waals surface area contributed by atoms with Crippen molar-refractivity contribution in [3.63, 3.8) is 0 Å². The zero-order valence-corrected chi connectivity index (χ0v) is 21.4. The number of ether oxygens (including phenoxy) is 2. The van der Waals surface area contributed by atoms with E-state index in [0.717, 1.165) is 5.56 Å². The molecule has 2 aromatic rings. The molecule has 4 atom stereocenters. The zero-order chi connectivity index (χ0) is 26.3. The second-order valence-electron chi connectivity index (χ2n) is 9.68. The Morgan fingerprint density at radius 1 is 1.22 bits per heavy atom. The topological polar surface area (TPSA) is 112 Å². The Labute approximate surface area is 209 Å². The maximum absolute atomic E-state index is 13.8. The summed E-state index contributed by atoms with van der Waals surface area (Å²) in [5.41, 5.74) is 2.49. The molecule has 190 valence electrons. The largest absolute Gasteiger partial charge is 0.468 e. The van der Waals surface area contributed by atoms with E-state index in [0.29, 0.717) is 35.2 Å². The van der Waals surface area contributed by atoms with Gasteiger partial charge in [0, 0.05) is 22.5 Å². The fraction of sp³-hybridized carbons (Fsp3) is 0.429. The Balaban J connectivity index is 1.97. The molecule has 0 bridgehead atoms. The van der Waals surface area contributed by atoms with Crippen LogP contribution in [0.15, 0.2) is 56.2 Å². The van der Waals surface area contributed by atoms with Gasteiger partial charge in [-0.15, -0.1) is 0 Å². The molecule has 0 spiro atoms. The van der Waals surface area contributed by atoms with Crippen LogP contribution < -0.4 is 10.7 Å². The lowest BCUT2D eigenvalue weighted by Gasteiger charge is -2.38. The summed E-state index contributed by atoms with van der Waals surface area (Å²) >= 11 is 0. The summed E-state index contributed by atoms with van der Waals surface area (Å²) in [6.07, 6.45) is 1.92. The van der Waals surface area contributed by atoms with Gasteiger partial charge in [-0.2, -0.15) is 0 Å². The van der Waals surface area contributed by atoms with E-state index in [1.165, 1.54) is 13.4 Å². The minimum absolute atomic E-state index is 0.143. The summed E-state index contributed by atoms with van der Waals surface area (Å²) in [5, 5.41) is 3.55. The summed E-state index contributed by atoms with van der Waals surface area (Å²) in [7, 11) is 1.24. The van der Waals surface area contributed by atoms with E-state index in [4.69, 9.17) is 13.9 Å². The number of allylic oxidation sites excluding steroid dienone is 3. The number of aryl methyl sites for hydroxylation is 1. The molecule has 8 heteroatoms. The van der Waals surface area contributed by atoms with Gasteiger partial charge in [0.25, 0.3) is 0 Å². The minimum Gasteiger partial charge on any atom is -0.468 e. The van der Waals surface area contributed by atoms with Gasteiger partial charge in [0.1, 0.15) is 11.5 Å². The highest BCUT2D eigenvalue weighted by Gasteiger charge is 2.48. The molecular weight excluding hydrogens is 462 g/mol. The lowest BCUT2D eigenvalue weighted by molar-refractivity contribution is -0.151. The van der Waals surface area contributed by atoms with E-state index < -0.39 is 29.6 Å².